The Hall–Kier alpha value is -1.05. The predicted molar refractivity (Wildman–Crippen MR) is 102 cm³/mol. The van der Waals surface area contributed by atoms with E-state index in [1.807, 2.05) is 12.1 Å². The number of likely N-dealkylation sites (tertiary alicyclic amines) is 1. The minimum Gasteiger partial charge on any atom is -0.693 e. The number of hydrogen-bond donors (Lipinski definition) is 0. The van der Waals surface area contributed by atoms with Crippen LogP contribution in [-0.4, -0.2) is 36.1 Å². The van der Waals surface area contributed by atoms with Crippen molar-refractivity contribution in [2.75, 3.05) is 26.2 Å². The van der Waals surface area contributed by atoms with Crippen LogP contribution in [-0.2, 0) is 39.3 Å². The molecule has 6 nitrogen and oxygen atoms in total. The largest absolute Gasteiger partial charge is 0.693 e. The van der Waals surface area contributed by atoms with Gasteiger partial charge in [-0.25, -0.2) is 4.98 Å². The molecule has 1 radical (unpaired) electrons. The summed E-state index contributed by atoms with van der Waals surface area (Å²) in [5.41, 5.74) is 9.95. The van der Waals surface area contributed by atoms with Gasteiger partial charge in [-0.05, 0) is 49.2 Å². The summed E-state index contributed by atoms with van der Waals surface area (Å²) in [7, 11) is 0. The van der Waals surface area contributed by atoms with E-state index in [0.717, 1.165) is 38.0 Å². The van der Waals surface area contributed by atoms with Crippen LogP contribution in [0.25, 0.3) is 11.9 Å². The van der Waals surface area contributed by atoms with Gasteiger partial charge in [0.2, 0.25) is 0 Å². The summed E-state index contributed by atoms with van der Waals surface area (Å²) in [6, 6.07) is 12.4. The van der Waals surface area contributed by atoms with E-state index in [9.17, 15) is 0 Å². The van der Waals surface area contributed by atoms with Crippen molar-refractivity contribution in [2.45, 2.75) is 25.5 Å². The zero-order chi connectivity index (χ0) is 17.1. The Morgan fingerprint density at radius 3 is 2.56 bits per heavy atom. The van der Waals surface area contributed by atoms with Gasteiger partial charge in [-0.3, -0.25) is 4.90 Å². The van der Waals surface area contributed by atoms with Crippen LogP contribution in [0.3, 0.4) is 0 Å². The first-order valence-electron chi connectivity index (χ1n) is 9.02. The molecule has 3 N–H and O–H groups in total. The Morgan fingerprint density at radius 2 is 1.85 bits per heavy atom. The smallest absolute Gasteiger partial charge is 0.257 e. The number of ether oxygens (including phenoxy) is 2. The molecule has 1 aromatic carbocycles. The number of aromatic nitrogens is 1. The molecule has 0 spiro atoms. The summed E-state index contributed by atoms with van der Waals surface area (Å²) in [6.45, 7) is 4.28. The zero-order valence-corrected chi connectivity index (χ0v) is 18.3. The van der Waals surface area contributed by atoms with Crippen LogP contribution in [0.2, 0.25) is 0 Å². The SMILES string of the molecule is [NH-]CC1CCN(Cc2ccc(C3COc4cccnc4O3)cc2)CC1.[NH2-].[Y]. The van der Waals surface area contributed by atoms with Gasteiger partial charge < -0.3 is 21.4 Å². The molecule has 0 aliphatic carbocycles. The van der Waals surface area contributed by atoms with E-state index in [4.69, 9.17) is 15.2 Å². The van der Waals surface area contributed by atoms with Gasteiger partial charge in [0.25, 0.3) is 5.88 Å². The van der Waals surface area contributed by atoms with Crippen molar-refractivity contribution in [3.05, 3.63) is 65.6 Å². The molecular formula is C20H26N4O2Y-2. The van der Waals surface area contributed by atoms with E-state index in [1.54, 1.807) is 6.20 Å². The van der Waals surface area contributed by atoms with E-state index >= 15 is 0 Å². The van der Waals surface area contributed by atoms with Gasteiger partial charge in [0.05, 0.1) is 0 Å². The molecule has 2 aliphatic rings. The average Bonchev–Trinajstić information content (AvgIpc) is 2.69. The normalized spacial score (nSPS) is 19.7. The Labute approximate surface area is 186 Å². The monoisotopic (exact) mass is 443 g/mol. The molecule has 0 bridgehead atoms. The van der Waals surface area contributed by atoms with Crippen molar-refractivity contribution < 1.29 is 42.2 Å². The van der Waals surface area contributed by atoms with Gasteiger partial charge in [0, 0.05) is 45.5 Å². The number of nitrogens with one attached hydrogen (secondary N) is 1. The summed E-state index contributed by atoms with van der Waals surface area (Å²) < 4.78 is 11.7. The third-order valence-corrected chi connectivity index (χ3v) is 5.13. The van der Waals surface area contributed by atoms with Gasteiger partial charge in [0.15, 0.2) is 11.9 Å². The fourth-order valence-electron chi connectivity index (χ4n) is 3.52. The molecule has 7 heteroatoms. The first-order valence-corrected chi connectivity index (χ1v) is 9.02. The Morgan fingerprint density at radius 1 is 1.11 bits per heavy atom. The van der Waals surface area contributed by atoms with Crippen molar-refractivity contribution in [3.8, 4) is 11.6 Å². The maximum Gasteiger partial charge on any atom is 0.257 e. The van der Waals surface area contributed by atoms with Gasteiger partial charge >= 0.3 is 0 Å². The first kappa shape index (κ1) is 22.2. The maximum absolute atomic E-state index is 7.51. The number of hydrogen-bond acceptors (Lipinski definition) is 4. The predicted octanol–water partition coefficient (Wildman–Crippen LogP) is 4.57. The Bertz CT molecular complexity index is 705. The van der Waals surface area contributed by atoms with E-state index in [-0.39, 0.29) is 45.0 Å². The molecule has 1 unspecified atom stereocenters. The van der Waals surface area contributed by atoms with E-state index < -0.39 is 0 Å². The maximum atomic E-state index is 7.51. The fourth-order valence-corrected chi connectivity index (χ4v) is 3.52. The molecule has 1 aromatic heterocycles. The molecule has 0 amide bonds. The van der Waals surface area contributed by atoms with E-state index in [0.29, 0.717) is 30.7 Å². The molecule has 1 saturated heterocycles. The van der Waals surface area contributed by atoms with Crippen LogP contribution >= 0.6 is 0 Å². The number of nitrogens with two attached hydrogens (primary N) is 1. The van der Waals surface area contributed by atoms with Crippen molar-refractivity contribution >= 4 is 0 Å². The van der Waals surface area contributed by atoms with Gasteiger partial charge in [-0.1, -0.05) is 30.2 Å². The standard InChI is InChI=1S/C20H24N3O2.H2N.Y/c21-12-15-7-10-23(11-8-15)13-16-3-5-17(6-4-16)19-14-24-18-2-1-9-22-20(18)25-19;;/h1-6,9,15,19,21H,7-8,10-14H2;1H2;/q2*-1;. The molecule has 2 aromatic rings. The van der Waals surface area contributed by atoms with Crippen LogP contribution < -0.4 is 9.47 Å². The summed E-state index contributed by atoms with van der Waals surface area (Å²) in [5, 5.41) is 0. The summed E-state index contributed by atoms with van der Waals surface area (Å²) in [5.74, 6) is 1.88. The molecule has 1 fully saturated rings. The second-order valence-corrected chi connectivity index (χ2v) is 6.89. The van der Waals surface area contributed by atoms with Crippen LogP contribution in [0.5, 0.6) is 11.6 Å². The van der Waals surface area contributed by atoms with Crippen molar-refractivity contribution in [2.24, 2.45) is 5.92 Å². The zero-order valence-electron chi connectivity index (χ0n) is 15.5. The number of nitrogens with zero attached hydrogens (tertiary/aromatic N) is 2. The minimum absolute atomic E-state index is 0. The van der Waals surface area contributed by atoms with Gasteiger partial charge in [-0.15, -0.1) is 6.54 Å². The molecule has 0 saturated carbocycles. The number of piperidine rings is 1. The van der Waals surface area contributed by atoms with Gasteiger partial charge in [-0.2, -0.15) is 0 Å². The minimum atomic E-state index is -0.107. The van der Waals surface area contributed by atoms with E-state index in [2.05, 4.69) is 34.1 Å². The molecular weight excluding hydrogens is 417 g/mol. The number of benzene rings is 1. The van der Waals surface area contributed by atoms with Gasteiger partial charge in [0.1, 0.15) is 6.61 Å². The van der Waals surface area contributed by atoms with Crippen LogP contribution in [0, 0.1) is 5.92 Å². The number of rotatable bonds is 4. The van der Waals surface area contributed by atoms with Crippen molar-refractivity contribution in [1.29, 1.82) is 0 Å². The quantitative estimate of drug-likeness (QED) is 0.692. The fraction of sp³-hybridized carbons (Fsp3) is 0.450. The van der Waals surface area contributed by atoms with E-state index in [1.165, 1.54) is 5.56 Å². The molecule has 27 heavy (non-hydrogen) atoms. The van der Waals surface area contributed by atoms with Crippen LogP contribution in [0.15, 0.2) is 42.6 Å². The molecule has 4 rings (SSSR count). The molecule has 1 atom stereocenters. The average molecular weight is 443 g/mol. The summed E-state index contributed by atoms with van der Waals surface area (Å²) in [4.78, 5) is 6.72. The van der Waals surface area contributed by atoms with Crippen LogP contribution in [0.1, 0.15) is 30.1 Å². The van der Waals surface area contributed by atoms with Crippen LogP contribution in [0.4, 0.5) is 0 Å². The summed E-state index contributed by atoms with van der Waals surface area (Å²) in [6.07, 6.45) is 3.92. The second kappa shape index (κ2) is 10.5. The topological polar surface area (TPSA) is 91.9 Å². The summed E-state index contributed by atoms with van der Waals surface area (Å²) >= 11 is 0. The van der Waals surface area contributed by atoms with Crippen molar-refractivity contribution in [1.82, 2.24) is 9.88 Å². The first-order chi connectivity index (χ1) is 12.3. The third-order valence-electron chi connectivity index (χ3n) is 5.13. The molecule has 2 aliphatic heterocycles. The molecule has 143 valence electrons. The Balaban J connectivity index is 0.00000131. The number of fused-ring (bicyclic) bond motifs is 1. The van der Waals surface area contributed by atoms with Crippen molar-refractivity contribution in [3.63, 3.8) is 0 Å². The third kappa shape index (κ3) is 5.49. The Kier molecular flexibility index (Phi) is 8.64. The second-order valence-electron chi connectivity index (χ2n) is 6.89. The molecule has 3 heterocycles. The number of pyridine rings is 1.